The van der Waals surface area contributed by atoms with E-state index in [-0.39, 0.29) is 0 Å². The molecule has 96 valence electrons. The number of fused-ring (bicyclic) bond motifs is 1. The van der Waals surface area contributed by atoms with Crippen LogP contribution in [0.2, 0.25) is 0 Å². The van der Waals surface area contributed by atoms with Gasteiger partial charge in [0.2, 0.25) is 0 Å². The van der Waals surface area contributed by atoms with Crippen LogP contribution in [0.1, 0.15) is 16.8 Å². The Kier molecular flexibility index (Phi) is 2.80. The van der Waals surface area contributed by atoms with Gasteiger partial charge in [-0.05, 0) is 25.0 Å². The lowest BCUT2D eigenvalue weighted by Gasteiger charge is -2.08. The quantitative estimate of drug-likeness (QED) is 0.762. The van der Waals surface area contributed by atoms with Crippen LogP contribution >= 0.6 is 0 Å². The third-order valence-electron chi connectivity index (χ3n) is 3.31. The van der Waals surface area contributed by atoms with Gasteiger partial charge in [-0.2, -0.15) is 0 Å². The highest BCUT2D eigenvalue weighted by atomic mass is 15.0. The molecule has 4 heteroatoms. The van der Waals surface area contributed by atoms with Crippen molar-refractivity contribution in [2.75, 3.05) is 0 Å². The smallest absolute Gasteiger partial charge is 0.147 e. The first-order valence-corrected chi connectivity index (χ1v) is 6.28. The second-order valence-electron chi connectivity index (χ2n) is 4.79. The summed E-state index contributed by atoms with van der Waals surface area (Å²) in [5, 5.41) is 0. The maximum absolute atomic E-state index is 5.66. The molecule has 2 N–H and O–H groups in total. The molecule has 19 heavy (non-hydrogen) atoms. The van der Waals surface area contributed by atoms with Crippen molar-refractivity contribution in [2.45, 2.75) is 20.4 Å². The number of nitrogens with two attached hydrogens (primary N) is 1. The van der Waals surface area contributed by atoms with E-state index in [2.05, 4.69) is 42.0 Å². The molecule has 2 aromatic heterocycles. The van der Waals surface area contributed by atoms with E-state index in [1.54, 1.807) is 6.33 Å². The molecular weight excluding hydrogens is 236 g/mol. The predicted molar refractivity (Wildman–Crippen MR) is 75.8 cm³/mol. The van der Waals surface area contributed by atoms with Gasteiger partial charge in [-0.25, -0.2) is 9.97 Å². The average molecular weight is 252 g/mol. The molecule has 3 aromatic rings. The zero-order valence-corrected chi connectivity index (χ0v) is 11.1. The Balaban J connectivity index is 2.29. The van der Waals surface area contributed by atoms with Gasteiger partial charge in [-0.1, -0.05) is 23.8 Å². The van der Waals surface area contributed by atoms with Crippen molar-refractivity contribution in [3.05, 3.63) is 53.7 Å². The maximum atomic E-state index is 5.66. The van der Waals surface area contributed by atoms with E-state index in [1.165, 1.54) is 16.7 Å². The van der Waals surface area contributed by atoms with Gasteiger partial charge in [0.05, 0.1) is 5.69 Å². The first kappa shape index (κ1) is 11.9. The topological polar surface area (TPSA) is 56.2 Å². The first-order chi connectivity index (χ1) is 9.19. The molecule has 0 aliphatic heterocycles. The van der Waals surface area contributed by atoms with E-state index in [1.807, 2.05) is 16.8 Å². The van der Waals surface area contributed by atoms with Gasteiger partial charge >= 0.3 is 0 Å². The Labute approximate surface area is 111 Å². The van der Waals surface area contributed by atoms with Crippen molar-refractivity contribution >= 4 is 5.65 Å². The van der Waals surface area contributed by atoms with Gasteiger partial charge in [0.1, 0.15) is 12.0 Å². The fraction of sp³-hybridized carbons (Fsp3) is 0.200. The standard InChI is InChI=1S/C15H16N4/c1-10-3-4-11(2)13(5-10)14-7-17-9-19-8-12(6-16)18-15(14)19/h3-5,7-9H,6,16H2,1-2H3. The monoisotopic (exact) mass is 252 g/mol. The number of aromatic nitrogens is 3. The summed E-state index contributed by atoms with van der Waals surface area (Å²) in [4.78, 5) is 8.87. The van der Waals surface area contributed by atoms with E-state index < -0.39 is 0 Å². The van der Waals surface area contributed by atoms with Gasteiger partial charge in [0, 0.05) is 24.5 Å². The zero-order valence-electron chi connectivity index (χ0n) is 11.1. The SMILES string of the molecule is Cc1ccc(C)c(-c2cncn3cc(CN)nc23)c1. The summed E-state index contributed by atoms with van der Waals surface area (Å²) in [5.74, 6) is 0. The molecule has 2 heterocycles. The Morgan fingerprint density at radius 1 is 1.21 bits per heavy atom. The molecule has 0 radical (unpaired) electrons. The number of nitrogens with zero attached hydrogens (tertiary/aromatic N) is 3. The largest absolute Gasteiger partial charge is 0.325 e. The number of hydrogen-bond acceptors (Lipinski definition) is 3. The summed E-state index contributed by atoms with van der Waals surface area (Å²) >= 11 is 0. The fourth-order valence-electron chi connectivity index (χ4n) is 2.28. The number of rotatable bonds is 2. The molecule has 0 saturated heterocycles. The first-order valence-electron chi connectivity index (χ1n) is 6.28. The Bertz CT molecular complexity index is 743. The lowest BCUT2D eigenvalue weighted by Crippen LogP contribution is -1.95. The van der Waals surface area contributed by atoms with E-state index in [0.717, 1.165) is 16.9 Å². The van der Waals surface area contributed by atoms with Crippen molar-refractivity contribution in [3.63, 3.8) is 0 Å². The van der Waals surface area contributed by atoms with Crippen LogP contribution in [0.4, 0.5) is 0 Å². The summed E-state index contributed by atoms with van der Waals surface area (Å²) in [7, 11) is 0. The number of imidazole rings is 1. The maximum Gasteiger partial charge on any atom is 0.147 e. The van der Waals surface area contributed by atoms with Crippen molar-refractivity contribution < 1.29 is 0 Å². The Morgan fingerprint density at radius 3 is 2.84 bits per heavy atom. The molecule has 0 amide bonds. The second-order valence-corrected chi connectivity index (χ2v) is 4.79. The summed E-state index contributed by atoms with van der Waals surface area (Å²) < 4.78 is 1.93. The van der Waals surface area contributed by atoms with Crippen molar-refractivity contribution in [2.24, 2.45) is 5.73 Å². The third-order valence-corrected chi connectivity index (χ3v) is 3.31. The minimum atomic E-state index is 0.438. The van der Waals surface area contributed by atoms with E-state index in [0.29, 0.717) is 6.54 Å². The highest BCUT2D eigenvalue weighted by Gasteiger charge is 2.10. The molecule has 0 saturated carbocycles. The van der Waals surface area contributed by atoms with E-state index >= 15 is 0 Å². The lowest BCUT2D eigenvalue weighted by atomic mass is 10.0. The fourth-order valence-corrected chi connectivity index (χ4v) is 2.28. The molecule has 1 aromatic carbocycles. The van der Waals surface area contributed by atoms with Gasteiger partial charge in [-0.3, -0.25) is 4.40 Å². The summed E-state index contributed by atoms with van der Waals surface area (Å²) in [6.07, 6.45) is 5.55. The zero-order chi connectivity index (χ0) is 13.4. The van der Waals surface area contributed by atoms with Gasteiger partial charge in [0.15, 0.2) is 0 Å². The van der Waals surface area contributed by atoms with Crippen LogP contribution in [0.3, 0.4) is 0 Å². The molecule has 0 atom stereocenters. The van der Waals surface area contributed by atoms with Crippen LogP contribution in [0, 0.1) is 13.8 Å². The average Bonchev–Trinajstić information content (AvgIpc) is 2.84. The highest BCUT2D eigenvalue weighted by Crippen LogP contribution is 2.27. The normalized spacial score (nSPS) is 11.1. The molecular formula is C15H16N4. The van der Waals surface area contributed by atoms with Gasteiger partial charge in [-0.15, -0.1) is 0 Å². The summed E-state index contributed by atoms with van der Waals surface area (Å²) in [6.45, 7) is 4.63. The van der Waals surface area contributed by atoms with Crippen LogP contribution in [0.15, 0.2) is 36.9 Å². The number of aryl methyl sites for hydroxylation is 2. The highest BCUT2D eigenvalue weighted by molar-refractivity contribution is 5.79. The molecule has 0 aliphatic rings. The lowest BCUT2D eigenvalue weighted by molar-refractivity contribution is 1.01. The van der Waals surface area contributed by atoms with Crippen molar-refractivity contribution in [3.8, 4) is 11.1 Å². The van der Waals surface area contributed by atoms with Crippen molar-refractivity contribution in [1.82, 2.24) is 14.4 Å². The van der Waals surface area contributed by atoms with Gasteiger partial charge < -0.3 is 5.73 Å². The van der Waals surface area contributed by atoms with Crippen molar-refractivity contribution in [1.29, 1.82) is 0 Å². The molecule has 0 unspecified atom stereocenters. The predicted octanol–water partition coefficient (Wildman–Crippen LogP) is 2.47. The second kappa shape index (κ2) is 4.48. The molecule has 4 nitrogen and oxygen atoms in total. The summed E-state index contributed by atoms with van der Waals surface area (Å²) in [6, 6.07) is 6.41. The number of hydrogen-bond donors (Lipinski definition) is 1. The minimum Gasteiger partial charge on any atom is -0.325 e. The van der Waals surface area contributed by atoms with Crippen LogP contribution in [0.25, 0.3) is 16.8 Å². The van der Waals surface area contributed by atoms with E-state index in [9.17, 15) is 0 Å². The minimum absolute atomic E-state index is 0.438. The van der Waals surface area contributed by atoms with Gasteiger partial charge in [0.25, 0.3) is 0 Å². The molecule has 0 bridgehead atoms. The molecule has 0 spiro atoms. The van der Waals surface area contributed by atoms with Crippen LogP contribution in [0.5, 0.6) is 0 Å². The Hall–Kier alpha value is -2.20. The van der Waals surface area contributed by atoms with E-state index in [4.69, 9.17) is 5.73 Å². The third kappa shape index (κ3) is 2.00. The summed E-state index contributed by atoms with van der Waals surface area (Å²) in [5.41, 5.74) is 12.1. The number of benzene rings is 1. The Morgan fingerprint density at radius 2 is 2.05 bits per heavy atom. The molecule has 3 rings (SSSR count). The van der Waals surface area contributed by atoms with Crippen LogP contribution in [-0.4, -0.2) is 14.4 Å². The van der Waals surface area contributed by atoms with Crippen LogP contribution < -0.4 is 5.73 Å². The molecule has 0 fully saturated rings. The molecule has 0 aliphatic carbocycles. The van der Waals surface area contributed by atoms with Crippen LogP contribution in [-0.2, 0) is 6.54 Å².